The molecule has 1 aromatic rings. The molecule has 1 aliphatic rings. The molecule has 1 aliphatic heterocycles. The zero-order chi connectivity index (χ0) is 12.3. The number of nitrogens with one attached hydrogen (secondary N) is 1. The molecule has 1 aromatic carbocycles. The van der Waals surface area contributed by atoms with Crippen LogP contribution in [0.5, 0.6) is 0 Å². The lowest BCUT2D eigenvalue weighted by atomic mass is 10.1. The van der Waals surface area contributed by atoms with Crippen LogP contribution in [0, 0.1) is 0 Å². The van der Waals surface area contributed by atoms with Crippen molar-refractivity contribution in [2.45, 2.75) is 19.9 Å². The molecule has 90 valence electrons. The summed E-state index contributed by atoms with van der Waals surface area (Å²) >= 11 is 0. The van der Waals surface area contributed by atoms with Crippen molar-refractivity contribution >= 4 is 11.6 Å². The standard InChI is InChI=1S/C13H16N2O2/c1-10(2)14-13(16)11-5-3-4-6-12(11)15-7-8-17-9-15/h3-8,10H,9H2,1-2H3,(H,14,16). The molecule has 1 N–H and O–H groups in total. The van der Waals surface area contributed by atoms with Gasteiger partial charge in [-0.15, -0.1) is 0 Å². The van der Waals surface area contributed by atoms with Gasteiger partial charge in [0.1, 0.15) is 6.26 Å². The van der Waals surface area contributed by atoms with Crippen LogP contribution in [0.2, 0.25) is 0 Å². The Hall–Kier alpha value is -1.97. The van der Waals surface area contributed by atoms with Crippen LogP contribution >= 0.6 is 0 Å². The second-order valence-electron chi connectivity index (χ2n) is 4.20. The molecule has 0 unspecified atom stereocenters. The average Bonchev–Trinajstić information content (AvgIpc) is 2.81. The van der Waals surface area contributed by atoms with Crippen molar-refractivity contribution in [3.05, 3.63) is 42.3 Å². The van der Waals surface area contributed by atoms with E-state index in [-0.39, 0.29) is 11.9 Å². The van der Waals surface area contributed by atoms with Gasteiger partial charge in [-0.25, -0.2) is 0 Å². The summed E-state index contributed by atoms with van der Waals surface area (Å²) < 4.78 is 5.14. The first-order chi connectivity index (χ1) is 8.18. The van der Waals surface area contributed by atoms with Gasteiger partial charge in [0.15, 0.2) is 6.73 Å². The third-order valence-electron chi connectivity index (χ3n) is 2.43. The number of carbonyl (C=O) groups excluding carboxylic acids is 1. The summed E-state index contributed by atoms with van der Waals surface area (Å²) in [5.74, 6) is -0.0594. The topological polar surface area (TPSA) is 41.6 Å². The number of ether oxygens (including phenoxy) is 1. The van der Waals surface area contributed by atoms with Crippen molar-refractivity contribution in [1.82, 2.24) is 5.32 Å². The van der Waals surface area contributed by atoms with Gasteiger partial charge in [0.25, 0.3) is 5.91 Å². The number of nitrogens with zero attached hydrogens (tertiary/aromatic N) is 1. The predicted molar refractivity (Wildman–Crippen MR) is 66.6 cm³/mol. The molecule has 0 saturated heterocycles. The van der Waals surface area contributed by atoms with Crippen molar-refractivity contribution in [1.29, 1.82) is 0 Å². The third-order valence-corrected chi connectivity index (χ3v) is 2.43. The molecule has 2 rings (SSSR count). The minimum atomic E-state index is -0.0594. The van der Waals surface area contributed by atoms with E-state index in [0.29, 0.717) is 12.3 Å². The Bertz CT molecular complexity index is 441. The van der Waals surface area contributed by atoms with Crippen molar-refractivity contribution in [3.63, 3.8) is 0 Å². The van der Waals surface area contributed by atoms with E-state index in [1.165, 1.54) is 0 Å². The molecule has 0 radical (unpaired) electrons. The number of benzene rings is 1. The molecular formula is C13H16N2O2. The summed E-state index contributed by atoms with van der Waals surface area (Å²) in [6.45, 7) is 4.34. The smallest absolute Gasteiger partial charge is 0.253 e. The SMILES string of the molecule is CC(C)NC(=O)c1ccccc1N1C=COC1. The van der Waals surface area contributed by atoms with Gasteiger partial charge < -0.3 is 15.0 Å². The molecule has 1 amide bonds. The first-order valence-corrected chi connectivity index (χ1v) is 5.63. The molecule has 17 heavy (non-hydrogen) atoms. The van der Waals surface area contributed by atoms with Crippen LogP contribution < -0.4 is 10.2 Å². The van der Waals surface area contributed by atoms with E-state index < -0.39 is 0 Å². The van der Waals surface area contributed by atoms with E-state index in [1.54, 1.807) is 6.26 Å². The highest BCUT2D eigenvalue weighted by Crippen LogP contribution is 2.22. The fourth-order valence-electron chi connectivity index (χ4n) is 1.69. The largest absolute Gasteiger partial charge is 0.479 e. The molecule has 4 nitrogen and oxygen atoms in total. The van der Waals surface area contributed by atoms with Crippen molar-refractivity contribution < 1.29 is 9.53 Å². The summed E-state index contributed by atoms with van der Waals surface area (Å²) in [7, 11) is 0. The highest BCUT2D eigenvalue weighted by molar-refractivity contribution is 6.00. The number of anilines is 1. The molecule has 0 spiro atoms. The lowest BCUT2D eigenvalue weighted by molar-refractivity contribution is 0.0943. The number of amides is 1. The van der Waals surface area contributed by atoms with Crippen molar-refractivity contribution in [2.24, 2.45) is 0 Å². The molecule has 0 aliphatic carbocycles. The molecule has 0 saturated carbocycles. The van der Waals surface area contributed by atoms with Crippen LogP contribution in [0.3, 0.4) is 0 Å². The molecule has 1 heterocycles. The maximum atomic E-state index is 12.0. The van der Waals surface area contributed by atoms with Gasteiger partial charge in [0, 0.05) is 12.2 Å². The minimum absolute atomic E-state index is 0.0594. The Morgan fingerprint density at radius 2 is 2.18 bits per heavy atom. The van der Waals surface area contributed by atoms with Gasteiger partial charge >= 0.3 is 0 Å². The second kappa shape index (κ2) is 4.91. The van der Waals surface area contributed by atoms with Crippen LogP contribution in [-0.2, 0) is 4.74 Å². The van der Waals surface area contributed by atoms with E-state index in [1.807, 2.05) is 49.2 Å². The van der Waals surface area contributed by atoms with Crippen molar-refractivity contribution in [2.75, 3.05) is 11.6 Å². The number of hydrogen-bond donors (Lipinski definition) is 1. The predicted octanol–water partition coefficient (Wildman–Crippen LogP) is 2.09. The minimum Gasteiger partial charge on any atom is -0.479 e. The second-order valence-corrected chi connectivity index (χ2v) is 4.20. The van der Waals surface area contributed by atoms with Crippen LogP contribution in [0.4, 0.5) is 5.69 Å². The fraction of sp³-hybridized carbons (Fsp3) is 0.308. The zero-order valence-electron chi connectivity index (χ0n) is 10.0. The van der Waals surface area contributed by atoms with Gasteiger partial charge in [-0.1, -0.05) is 12.1 Å². The third kappa shape index (κ3) is 2.58. The van der Waals surface area contributed by atoms with Crippen LogP contribution in [0.25, 0.3) is 0 Å². The number of hydrogen-bond acceptors (Lipinski definition) is 3. The quantitative estimate of drug-likeness (QED) is 0.867. The number of para-hydroxylation sites is 1. The van der Waals surface area contributed by atoms with Gasteiger partial charge in [-0.3, -0.25) is 4.79 Å². The summed E-state index contributed by atoms with van der Waals surface area (Å²) in [4.78, 5) is 13.9. The van der Waals surface area contributed by atoms with Crippen LogP contribution in [0.1, 0.15) is 24.2 Å². The molecule has 0 fully saturated rings. The Morgan fingerprint density at radius 1 is 1.41 bits per heavy atom. The maximum absolute atomic E-state index is 12.0. The van der Waals surface area contributed by atoms with Gasteiger partial charge in [-0.05, 0) is 26.0 Å². The van der Waals surface area contributed by atoms with Gasteiger partial charge in [-0.2, -0.15) is 0 Å². The Labute approximate surface area is 101 Å². The van der Waals surface area contributed by atoms with E-state index >= 15 is 0 Å². The lowest BCUT2D eigenvalue weighted by Crippen LogP contribution is -2.31. The van der Waals surface area contributed by atoms with Crippen LogP contribution in [0.15, 0.2) is 36.7 Å². The first kappa shape index (κ1) is 11.5. The fourth-order valence-corrected chi connectivity index (χ4v) is 1.69. The number of rotatable bonds is 3. The van der Waals surface area contributed by atoms with E-state index in [2.05, 4.69) is 5.32 Å². The van der Waals surface area contributed by atoms with Gasteiger partial charge in [0.05, 0.1) is 11.3 Å². The summed E-state index contributed by atoms with van der Waals surface area (Å²) in [6, 6.07) is 7.63. The Morgan fingerprint density at radius 3 is 2.82 bits per heavy atom. The molecule has 0 atom stereocenters. The summed E-state index contributed by atoms with van der Waals surface area (Å²) in [5, 5.41) is 2.89. The monoisotopic (exact) mass is 232 g/mol. The van der Waals surface area contributed by atoms with E-state index in [9.17, 15) is 4.79 Å². The highest BCUT2D eigenvalue weighted by Gasteiger charge is 2.17. The van der Waals surface area contributed by atoms with E-state index in [4.69, 9.17) is 4.74 Å². The van der Waals surface area contributed by atoms with Gasteiger partial charge in [0.2, 0.25) is 0 Å². The molecular weight excluding hydrogens is 216 g/mol. The molecule has 0 bridgehead atoms. The molecule has 4 heteroatoms. The van der Waals surface area contributed by atoms with Crippen LogP contribution in [-0.4, -0.2) is 18.7 Å². The lowest BCUT2D eigenvalue weighted by Gasteiger charge is -2.18. The van der Waals surface area contributed by atoms with E-state index in [0.717, 1.165) is 5.69 Å². The first-order valence-electron chi connectivity index (χ1n) is 5.63. The normalized spacial score (nSPS) is 13.9. The number of carbonyl (C=O) groups is 1. The maximum Gasteiger partial charge on any atom is 0.253 e. The zero-order valence-corrected chi connectivity index (χ0v) is 10.0. The summed E-state index contributed by atoms with van der Waals surface area (Å²) in [5.41, 5.74) is 1.52. The average molecular weight is 232 g/mol. The van der Waals surface area contributed by atoms with Crippen molar-refractivity contribution in [3.8, 4) is 0 Å². The highest BCUT2D eigenvalue weighted by atomic mass is 16.5. The molecule has 0 aromatic heterocycles. The summed E-state index contributed by atoms with van der Waals surface area (Å²) in [6.07, 6.45) is 3.44. The Balaban J connectivity index is 2.27. The Kier molecular flexibility index (Phi) is 3.32.